The van der Waals surface area contributed by atoms with Gasteiger partial charge < -0.3 is 10.4 Å². The van der Waals surface area contributed by atoms with Gasteiger partial charge in [0.25, 0.3) is 0 Å². The van der Waals surface area contributed by atoms with E-state index in [4.69, 9.17) is 5.11 Å². The molecular weight excluding hydrogens is 370 g/mol. The number of rotatable bonds is 21. The van der Waals surface area contributed by atoms with Crippen LogP contribution >= 0.6 is 11.8 Å². The summed E-state index contributed by atoms with van der Waals surface area (Å²) in [6.07, 6.45) is 21.8. The van der Waals surface area contributed by atoms with Crippen molar-refractivity contribution in [2.45, 2.75) is 123 Å². The molecule has 4 nitrogen and oxygen atoms in total. The van der Waals surface area contributed by atoms with Gasteiger partial charge in [-0.1, -0.05) is 103 Å². The molecule has 1 atom stereocenters. The first-order valence-corrected chi connectivity index (χ1v) is 12.8. The van der Waals surface area contributed by atoms with E-state index in [2.05, 4.69) is 12.2 Å². The highest BCUT2D eigenvalue weighted by Crippen LogP contribution is 2.14. The molecule has 0 aromatic rings. The third-order valence-corrected chi connectivity index (χ3v) is 6.25. The van der Waals surface area contributed by atoms with Crippen LogP contribution in [0.1, 0.15) is 117 Å². The lowest BCUT2D eigenvalue weighted by Gasteiger charge is -2.12. The van der Waals surface area contributed by atoms with Crippen LogP contribution < -0.4 is 5.32 Å². The zero-order valence-electron chi connectivity index (χ0n) is 18.5. The Morgan fingerprint density at radius 3 is 1.50 bits per heavy atom. The summed E-state index contributed by atoms with van der Waals surface area (Å²) in [7, 11) is 0. The Labute approximate surface area is 178 Å². The van der Waals surface area contributed by atoms with Crippen molar-refractivity contribution in [1.82, 2.24) is 5.32 Å². The fourth-order valence-corrected chi connectivity index (χ4v) is 4.41. The molecule has 0 aromatic carbocycles. The first-order chi connectivity index (χ1) is 13.6. The molecule has 0 spiro atoms. The second kappa shape index (κ2) is 21.0. The van der Waals surface area contributed by atoms with Crippen LogP contribution in [0.3, 0.4) is 0 Å². The van der Waals surface area contributed by atoms with Gasteiger partial charge in [-0.15, -0.1) is 0 Å². The number of unbranched alkanes of at least 4 members (excludes halogenated alkanes) is 15. The molecule has 0 heterocycles. The third kappa shape index (κ3) is 20.0. The van der Waals surface area contributed by atoms with Gasteiger partial charge in [0.05, 0.1) is 0 Å². The van der Waals surface area contributed by atoms with E-state index in [1.165, 1.54) is 103 Å². The molecule has 0 saturated heterocycles. The summed E-state index contributed by atoms with van der Waals surface area (Å²) in [6, 6.07) is -0.761. The highest BCUT2D eigenvalue weighted by Gasteiger charge is 2.17. The summed E-state index contributed by atoms with van der Waals surface area (Å²) < 4.78 is 0. The number of amides is 1. The summed E-state index contributed by atoms with van der Waals surface area (Å²) in [5.41, 5.74) is 0. The minimum atomic E-state index is -0.949. The number of hydrogen-bond acceptors (Lipinski definition) is 3. The van der Waals surface area contributed by atoms with E-state index in [0.717, 1.165) is 12.2 Å². The van der Waals surface area contributed by atoms with Crippen molar-refractivity contribution in [2.24, 2.45) is 0 Å². The van der Waals surface area contributed by atoms with Gasteiger partial charge >= 0.3 is 5.97 Å². The molecule has 5 heteroatoms. The molecule has 0 aliphatic carbocycles. The van der Waals surface area contributed by atoms with Gasteiger partial charge in [0.2, 0.25) is 5.91 Å². The Hall–Kier alpha value is -0.710. The zero-order valence-corrected chi connectivity index (χ0v) is 19.3. The average Bonchev–Trinajstić information content (AvgIpc) is 2.65. The molecule has 0 bridgehead atoms. The highest BCUT2D eigenvalue weighted by atomic mass is 32.2. The van der Waals surface area contributed by atoms with E-state index in [9.17, 15) is 9.59 Å². The quantitative estimate of drug-likeness (QED) is 0.208. The summed E-state index contributed by atoms with van der Waals surface area (Å²) in [5.74, 6) is 0.195. The van der Waals surface area contributed by atoms with Crippen molar-refractivity contribution >= 4 is 23.6 Å². The number of carboxylic acid groups (broad SMARTS) is 1. The van der Waals surface area contributed by atoms with Crippen LogP contribution in [-0.2, 0) is 9.59 Å². The van der Waals surface area contributed by atoms with E-state index in [0.29, 0.717) is 5.75 Å². The maximum atomic E-state index is 11.0. The molecule has 0 aliphatic heterocycles. The van der Waals surface area contributed by atoms with Gasteiger partial charge in [0.15, 0.2) is 0 Å². The van der Waals surface area contributed by atoms with Crippen LogP contribution in [0.2, 0.25) is 0 Å². The minimum Gasteiger partial charge on any atom is -0.480 e. The Kier molecular flexibility index (Phi) is 20.5. The Morgan fingerprint density at radius 1 is 0.750 bits per heavy atom. The molecule has 0 aliphatic rings. The van der Waals surface area contributed by atoms with E-state index in [-0.39, 0.29) is 5.91 Å². The van der Waals surface area contributed by atoms with E-state index < -0.39 is 12.0 Å². The third-order valence-electron chi connectivity index (χ3n) is 5.10. The van der Waals surface area contributed by atoms with E-state index >= 15 is 0 Å². The van der Waals surface area contributed by atoms with Crippen molar-refractivity contribution in [2.75, 3.05) is 11.5 Å². The number of nitrogens with one attached hydrogen (secondary N) is 1. The summed E-state index contributed by atoms with van der Waals surface area (Å²) in [5, 5.41) is 11.5. The maximum absolute atomic E-state index is 11.0. The second-order valence-corrected chi connectivity index (χ2v) is 9.12. The van der Waals surface area contributed by atoms with E-state index in [1.54, 1.807) is 11.8 Å². The lowest BCUT2D eigenvalue weighted by molar-refractivity contribution is -0.140. The highest BCUT2D eigenvalue weighted by molar-refractivity contribution is 7.99. The van der Waals surface area contributed by atoms with Crippen LogP contribution in [0, 0.1) is 0 Å². The predicted molar refractivity (Wildman–Crippen MR) is 122 cm³/mol. The van der Waals surface area contributed by atoms with Crippen molar-refractivity contribution in [3.8, 4) is 0 Å². The molecule has 166 valence electrons. The summed E-state index contributed by atoms with van der Waals surface area (Å²) in [6.45, 7) is 3.63. The van der Waals surface area contributed by atoms with Crippen LogP contribution in [0.4, 0.5) is 0 Å². The van der Waals surface area contributed by atoms with Gasteiger partial charge in [0, 0.05) is 12.7 Å². The van der Waals surface area contributed by atoms with Gasteiger partial charge in [-0.2, -0.15) is 11.8 Å². The monoisotopic (exact) mass is 415 g/mol. The van der Waals surface area contributed by atoms with Gasteiger partial charge in [-0.05, 0) is 12.2 Å². The maximum Gasteiger partial charge on any atom is 0.327 e. The Balaban J connectivity index is 3.23. The number of thioether (sulfide) groups is 1. The smallest absolute Gasteiger partial charge is 0.327 e. The van der Waals surface area contributed by atoms with Crippen molar-refractivity contribution in [3.05, 3.63) is 0 Å². The molecule has 28 heavy (non-hydrogen) atoms. The van der Waals surface area contributed by atoms with Crippen molar-refractivity contribution in [3.63, 3.8) is 0 Å². The molecule has 0 aromatic heterocycles. The molecule has 2 N–H and O–H groups in total. The SMILES string of the molecule is CCCCCCCCCCCCCCCCCCSC[C@H](NC(C)=O)C(=O)O. The Morgan fingerprint density at radius 2 is 1.14 bits per heavy atom. The second-order valence-electron chi connectivity index (χ2n) is 7.97. The fourth-order valence-electron chi connectivity index (χ4n) is 3.37. The van der Waals surface area contributed by atoms with Gasteiger partial charge in [-0.3, -0.25) is 4.79 Å². The topological polar surface area (TPSA) is 66.4 Å². The average molecular weight is 416 g/mol. The summed E-state index contributed by atoms with van der Waals surface area (Å²) in [4.78, 5) is 22.0. The van der Waals surface area contributed by atoms with Crippen LogP contribution in [0.15, 0.2) is 0 Å². The minimum absolute atomic E-state index is 0.282. The number of carbonyl (C=O) groups is 2. The lowest BCUT2D eigenvalue weighted by Crippen LogP contribution is -2.41. The number of carboxylic acids is 1. The van der Waals surface area contributed by atoms with Crippen molar-refractivity contribution < 1.29 is 14.7 Å². The Bertz CT molecular complexity index is 377. The molecule has 0 fully saturated rings. The lowest BCUT2D eigenvalue weighted by atomic mass is 10.0. The number of hydrogen-bond donors (Lipinski definition) is 2. The van der Waals surface area contributed by atoms with Crippen molar-refractivity contribution in [1.29, 1.82) is 0 Å². The first kappa shape index (κ1) is 27.3. The van der Waals surface area contributed by atoms with Crippen LogP contribution in [0.5, 0.6) is 0 Å². The standard InChI is InChI=1S/C23H45NO3S/c1-3-4-5-6-7-8-9-10-11-12-13-14-15-16-17-18-19-28-20-22(23(26)27)24-21(2)25/h22H,3-20H2,1-2H3,(H,24,25)(H,26,27)/t22-/m0/s1. The number of aliphatic carboxylic acids is 1. The molecule has 0 saturated carbocycles. The number of carbonyl (C=O) groups excluding carboxylic acids is 1. The van der Waals surface area contributed by atoms with E-state index in [1.807, 2.05) is 0 Å². The predicted octanol–water partition coefficient (Wildman–Crippen LogP) is 6.57. The first-order valence-electron chi connectivity index (χ1n) is 11.7. The van der Waals surface area contributed by atoms with Crippen LogP contribution in [0.25, 0.3) is 0 Å². The molecular formula is C23H45NO3S. The largest absolute Gasteiger partial charge is 0.480 e. The normalized spacial score (nSPS) is 12.1. The zero-order chi connectivity index (χ0) is 20.9. The van der Waals surface area contributed by atoms with Gasteiger partial charge in [-0.25, -0.2) is 4.79 Å². The molecule has 1 amide bonds. The fraction of sp³-hybridized carbons (Fsp3) is 0.913. The van der Waals surface area contributed by atoms with Gasteiger partial charge in [0.1, 0.15) is 6.04 Å². The molecule has 0 radical (unpaired) electrons. The molecule has 0 rings (SSSR count). The summed E-state index contributed by atoms with van der Waals surface area (Å²) >= 11 is 1.62. The van der Waals surface area contributed by atoms with Crippen LogP contribution in [-0.4, -0.2) is 34.5 Å². The molecule has 0 unspecified atom stereocenters.